The lowest BCUT2D eigenvalue weighted by atomic mass is 9.74. The zero-order valence-electron chi connectivity index (χ0n) is 11.8. The molecule has 0 aliphatic carbocycles. The molecule has 3 fully saturated rings. The maximum Gasteiger partial charge on any atom is 0.139 e. The van der Waals surface area contributed by atoms with Gasteiger partial charge in [-0.15, -0.1) is 0 Å². The van der Waals surface area contributed by atoms with Gasteiger partial charge in [-0.1, -0.05) is 6.92 Å². The second kappa shape index (κ2) is 5.74. The average Bonchev–Trinajstić information content (AvgIpc) is 2.37. The van der Waals surface area contributed by atoms with E-state index in [0.717, 1.165) is 45.4 Å². The number of Topliss-reactive ketones (excluding diaryl/α,β-unsaturated/α-hetero) is 1. The van der Waals surface area contributed by atoms with Gasteiger partial charge in [0.25, 0.3) is 0 Å². The molecule has 2 atom stereocenters. The van der Waals surface area contributed by atoms with Crippen molar-refractivity contribution in [3.05, 3.63) is 0 Å². The second-order valence-corrected chi connectivity index (χ2v) is 7.67. The number of rotatable bonds is 3. The van der Waals surface area contributed by atoms with E-state index in [1.807, 2.05) is 11.8 Å². The van der Waals surface area contributed by atoms with Crippen molar-refractivity contribution < 1.29 is 9.53 Å². The van der Waals surface area contributed by atoms with Crippen LogP contribution in [-0.4, -0.2) is 42.6 Å². The third-order valence-corrected chi connectivity index (χ3v) is 6.25. The van der Waals surface area contributed by atoms with Gasteiger partial charge in [0.15, 0.2) is 0 Å². The Morgan fingerprint density at radius 3 is 2.74 bits per heavy atom. The Bertz CT molecular complexity index is 332. The molecule has 3 saturated heterocycles. The third kappa shape index (κ3) is 2.86. The van der Waals surface area contributed by atoms with E-state index >= 15 is 0 Å². The summed E-state index contributed by atoms with van der Waals surface area (Å²) in [6.45, 7) is 4.97. The summed E-state index contributed by atoms with van der Waals surface area (Å²) in [4.78, 5) is 12.7. The van der Waals surface area contributed by atoms with E-state index in [2.05, 4.69) is 12.2 Å². The predicted molar refractivity (Wildman–Crippen MR) is 78.5 cm³/mol. The topological polar surface area (TPSA) is 38.3 Å². The van der Waals surface area contributed by atoms with Gasteiger partial charge in [0.05, 0.1) is 5.60 Å². The summed E-state index contributed by atoms with van der Waals surface area (Å²) in [5, 5.41) is 3.28. The molecule has 0 saturated carbocycles. The highest BCUT2D eigenvalue weighted by Crippen LogP contribution is 2.41. The molecule has 0 bridgehead atoms. The number of ketones is 1. The van der Waals surface area contributed by atoms with Crippen LogP contribution >= 0.6 is 11.8 Å². The molecular formula is C15H25NO2S. The number of carbonyl (C=O) groups is 1. The zero-order chi connectivity index (χ0) is 13.3. The minimum absolute atomic E-state index is 0.0431. The normalized spacial score (nSPS) is 32.8. The number of nitrogens with one attached hydrogen (secondary N) is 1. The maximum atomic E-state index is 12.7. The SMILES string of the molecule is CC(C(=O)C1CCOC2(CCSCC2)C1)C1CNC1. The van der Waals surface area contributed by atoms with Crippen molar-refractivity contribution in [3.8, 4) is 0 Å². The third-order valence-electron chi connectivity index (χ3n) is 5.27. The van der Waals surface area contributed by atoms with Crippen LogP contribution in [0.4, 0.5) is 0 Å². The van der Waals surface area contributed by atoms with Gasteiger partial charge in [-0.2, -0.15) is 11.8 Å². The molecule has 0 radical (unpaired) electrons. The first-order valence-electron chi connectivity index (χ1n) is 7.66. The van der Waals surface area contributed by atoms with Gasteiger partial charge in [-0.05, 0) is 56.2 Å². The number of ether oxygens (including phenoxy) is 1. The summed E-state index contributed by atoms with van der Waals surface area (Å²) in [7, 11) is 0. The van der Waals surface area contributed by atoms with E-state index in [9.17, 15) is 4.79 Å². The fourth-order valence-corrected chi connectivity index (χ4v) is 4.87. The molecule has 0 aromatic heterocycles. The zero-order valence-corrected chi connectivity index (χ0v) is 12.6. The highest BCUT2D eigenvalue weighted by atomic mass is 32.2. The summed E-state index contributed by atoms with van der Waals surface area (Å²) in [5.74, 6) is 3.97. The molecule has 3 heterocycles. The van der Waals surface area contributed by atoms with Gasteiger partial charge in [0.1, 0.15) is 5.78 Å². The van der Waals surface area contributed by atoms with Gasteiger partial charge < -0.3 is 10.1 Å². The smallest absolute Gasteiger partial charge is 0.139 e. The fraction of sp³-hybridized carbons (Fsp3) is 0.933. The molecule has 1 spiro atoms. The van der Waals surface area contributed by atoms with Crippen molar-refractivity contribution in [1.82, 2.24) is 5.32 Å². The van der Waals surface area contributed by atoms with Crippen LogP contribution in [0.15, 0.2) is 0 Å². The van der Waals surface area contributed by atoms with Gasteiger partial charge in [0.2, 0.25) is 0 Å². The van der Waals surface area contributed by atoms with E-state index in [-0.39, 0.29) is 17.4 Å². The Kier molecular flexibility index (Phi) is 4.20. The Morgan fingerprint density at radius 1 is 1.37 bits per heavy atom. The van der Waals surface area contributed by atoms with Crippen molar-refractivity contribution in [1.29, 1.82) is 0 Å². The summed E-state index contributed by atoms with van der Waals surface area (Å²) < 4.78 is 6.09. The number of thioether (sulfide) groups is 1. The van der Waals surface area contributed by atoms with Gasteiger partial charge in [-0.3, -0.25) is 4.79 Å². The predicted octanol–water partition coefficient (Wildman–Crippen LogP) is 2.10. The van der Waals surface area contributed by atoms with E-state index in [4.69, 9.17) is 4.74 Å². The summed E-state index contributed by atoms with van der Waals surface area (Å²) >= 11 is 2.02. The molecule has 3 nitrogen and oxygen atoms in total. The standard InChI is InChI=1S/C15H25NO2S/c1-11(13-9-16-10-13)14(17)12-2-5-18-15(8-12)3-6-19-7-4-15/h11-13,16H,2-10H2,1H3. The Balaban J connectivity index is 1.62. The van der Waals surface area contributed by atoms with Crippen LogP contribution in [0.25, 0.3) is 0 Å². The Hall–Kier alpha value is -0.0600. The monoisotopic (exact) mass is 283 g/mol. The molecule has 3 aliphatic heterocycles. The quantitative estimate of drug-likeness (QED) is 0.861. The van der Waals surface area contributed by atoms with Gasteiger partial charge >= 0.3 is 0 Å². The van der Waals surface area contributed by atoms with Crippen LogP contribution in [0, 0.1) is 17.8 Å². The lowest BCUT2D eigenvalue weighted by Crippen LogP contribution is -2.50. The molecule has 19 heavy (non-hydrogen) atoms. The van der Waals surface area contributed by atoms with Crippen LogP contribution in [0.3, 0.4) is 0 Å². The van der Waals surface area contributed by atoms with Gasteiger partial charge in [0, 0.05) is 18.4 Å². The van der Waals surface area contributed by atoms with Crippen LogP contribution < -0.4 is 5.32 Å². The number of hydrogen-bond donors (Lipinski definition) is 1. The van der Waals surface area contributed by atoms with Crippen LogP contribution in [-0.2, 0) is 9.53 Å². The maximum absolute atomic E-state index is 12.7. The number of carbonyl (C=O) groups excluding carboxylic acids is 1. The first-order valence-corrected chi connectivity index (χ1v) is 8.82. The summed E-state index contributed by atoms with van der Waals surface area (Å²) in [6, 6.07) is 0. The molecule has 4 heteroatoms. The molecule has 0 amide bonds. The highest BCUT2D eigenvalue weighted by molar-refractivity contribution is 7.99. The van der Waals surface area contributed by atoms with E-state index < -0.39 is 0 Å². The number of hydrogen-bond acceptors (Lipinski definition) is 4. The lowest BCUT2D eigenvalue weighted by Gasteiger charge is -2.44. The van der Waals surface area contributed by atoms with Crippen molar-refractivity contribution in [2.45, 2.75) is 38.2 Å². The molecule has 0 aromatic rings. The van der Waals surface area contributed by atoms with Crippen LogP contribution in [0.5, 0.6) is 0 Å². The molecule has 0 aromatic carbocycles. The highest BCUT2D eigenvalue weighted by Gasteiger charge is 2.42. The van der Waals surface area contributed by atoms with Crippen molar-refractivity contribution in [2.75, 3.05) is 31.2 Å². The minimum Gasteiger partial charge on any atom is -0.375 e. The van der Waals surface area contributed by atoms with Crippen molar-refractivity contribution >= 4 is 17.5 Å². The minimum atomic E-state index is 0.0431. The molecule has 2 unspecified atom stereocenters. The van der Waals surface area contributed by atoms with Crippen LogP contribution in [0.1, 0.15) is 32.6 Å². The summed E-state index contributed by atoms with van der Waals surface area (Å²) in [6.07, 6.45) is 4.21. The molecule has 3 rings (SSSR count). The van der Waals surface area contributed by atoms with E-state index in [0.29, 0.717) is 11.7 Å². The Labute approximate surface area is 120 Å². The van der Waals surface area contributed by atoms with Crippen molar-refractivity contribution in [2.24, 2.45) is 17.8 Å². The molecular weight excluding hydrogens is 258 g/mol. The first-order chi connectivity index (χ1) is 9.20. The van der Waals surface area contributed by atoms with Gasteiger partial charge in [-0.25, -0.2) is 0 Å². The average molecular weight is 283 g/mol. The van der Waals surface area contributed by atoms with Crippen LogP contribution in [0.2, 0.25) is 0 Å². The lowest BCUT2D eigenvalue weighted by molar-refractivity contribution is -0.143. The molecule has 3 aliphatic rings. The van der Waals surface area contributed by atoms with E-state index in [1.54, 1.807) is 0 Å². The second-order valence-electron chi connectivity index (χ2n) is 6.44. The largest absolute Gasteiger partial charge is 0.375 e. The first kappa shape index (κ1) is 13.9. The van der Waals surface area contributed by atoms with E-state index in [1.165, 1.54) is 11.5 Å². The molecule has 108 valence electrons. The fourth-order valence-electron chi connectivity index (χ4n) is 3.63. The Morgan fingerprint density at radius 2 is 2.11 bits per heavy atom. The van der Waals surface area contributed by atoms with Crippen molar-refractivity contribution in [3.63, 3.8) is 0 Å². The summed E-state index contributed by atoms with van der Waals surface area (Å²) in [5.41, 5.74) is 0.0431. The molecule has 1 N–H and O–H groups in total.